The van der Waals surface area contributed by atoms with E-state index in [2.05, 4.69) is 20.7 Å². The van der Waals surface area contributed by atoms with Gasteiger partial charge in [-0.1, -0.05) is 33.6 Å². The van der Waals surface area contributed by atoms with Crippen molar-refractivity contribution < 1.29 is 17.9 Å². The van der Waals surface area contributed by atoms with Crippen molar-refractivity contribution in [3.05, 3.63) is 57.3 Å². The van der Waals surface area contributed by atoms with Gasteiger partial charge in [0.05, 0.1) is 12.3 Å². The van der Waals surface area contributed by atoms with Crippen molar-refractivity contribution >= 4 is 43.2 Å². The Balaban J connectivity index is 2.47. The number of sulfonamides is 1. The lowest BCUT2D eigenvalue weighted by atomic mass is 10.2. The Kier molecular flexibility index (Phi) is 4.88. The lowest BCUT2D eigenvalue weighted by Gasteiger charge is -2.11. The summed E-state index contributed by atoms with van der Waals surface area (Å²) in [6.45, 7) is -0.606. The molecule has 2 rings (SSSR count). The van der Waals surface area contributed by atoms with E-state index in [9.17, 15) is 12.8 Å². The van der Waals surface area contributed by atoms with E-state index in [0.717, 1.165) is 6.07 Å². The van der Waals surface area contributed by atoms with E-state index in [-0.39, 0.29) is 11.3 Å². The van der Waals surface area contributed by atoms with Crippen LogP contribution in [-0.4, -0.2) is 13.5 Å². The highest BCUT2D eigenvalue weighted by molar-refractivity contribution is 9.10. The number of aliphatic hydroxyl groups excluding tert-OH is 1. The summed E-state index contributed by atoms with van der Waals surface area (Å²) in [6, 6.07) is 8.49. The molecule has 0 spiro atoms. The van der Waals surface area contributed by atoms with Gasteiger partial charge in [-0.25, -0.2) is 12.8 Å². The molecule has 0 fully saturated rings. The molecule has 0 heterocycles. The summed E-state index contributed by atoms with van der Waals surface area (Å²) in [5.41, 5.74) is 0.100. The first-order chi connectivity index (χ1) is 9.83. The summed E-state index contributed by atoms with van der Waals surface area (Å²) in [7, 11) is -4.14. The summed E-state index contributed by atoms with van der Waals surface area (Å²) >= 11 is 8.86. The molecule has 21 heavy (non-hydrogen) atoms. The van der Waals surface area contributed by atoms with Crippen molar-refractivity contribution in [3.8, 4) is 0 Å². The number of halogens is 3. The van der Waals surface area contributed by atoms with Gasteiger partial charge in [0.1, 0.15) is 10.7 Å². The van der Waals surface area contributed by atoms with Crippen molar-refractivity contribution in [1.82, 2.24) is 0 Å². The topological polar surface area (TPSA) is 66.4 Å². The fourth-order valence-corrected chi connectivity index (χ4v) is 3.73. The molecular formula is C13H10BrClFNO3S. The zero-order valence-corrected chi connectivity index (χ0v) is 13.6. The Hall–Kier alpha value is -1.15. The van der Waals surface area contributed by atoms with Gasteiger partial charge in [-0.15, -0.1) is 0 Å². The van der Waals surface area contributed by atoms with Crippen LogP contribution in [0.25, 0.3) is 0 Å². The van der Waals surface area contributed by atoms with Crippen LogP contribution in [0.5, 0.6) is 0 Å². The summed E-state index contributed by atoms with van der Waals surface area (Å²) in [5, 5.41) is 9.41. The standard InChI is InChI=1S/C13H10BrClFNO3S/c14-9-4-8(7-18)13(16)12(5-9)21(19,20)17-11-3-1-2-10(15)6-11/h1-6,17-18H,7H2. The van der Waals surface area contributed by atoms with E-state index in [1.54, 1.807) is 12.1 Å². The minimum atomic E-state index is -4.14. The SMILES string of the molecule is O=S(=O)(Nc1cccc(Cl)c1)c1cc(Br)cc(CO)c1F. The van der Waals surface area contributed by atoms with E-state index < -0.39 is 27.3 Å². The Morgan fingerprint density at radius 3 is 2.62 bits per heavy atom. The molecule has 0 aliphatic heterocycles. The van der Waals surface area contributed by atoms with Gasteiger partial charge in [-0.3, -0.25) is 4.72 Å². The minimum Gasteiger partial charge on any atom is -0.392 e. The molecule has 0 aromatic heterocycles. The van der Waals surface area contributed by atoms with E-state index >= 15 is 0 Å². The predicted octanol–water partition coefficient (Wildman–Crippen LogP) is 3.53. The molecule has 112 valence electrons. The maximum atomic E-state index is 14.1. The lowest BCUT2D eigenvalue weighted by Crippen LogP contribution is -2.15. The highest BCUT2D eigenvalue weighted by atomic mass is 79.9. The molecule has 0 saturated heterocycles. The number of anilines is 1. The van der Waals surface area contributed by atoms with Crippen LogP contribution in [0.2, 0.25) is 5.02 Å². The fourth-order valence-electron chi connectivity index (χ4n) is 1.69. The number of benzene rings is 2. The molecule has 0 radical (unpaired) electrons. The molecule has 4 nitrogen and oxygen atoms in total. The summed E-state index contributed by atoms with van der Waals surface area (Å²) in [4.78, 5) is -0.555. The first kappa shape index (κ1) is 16.2. The van der Waals surface area contributed by atoms with Gasteiger partial charge < -0.3 is 5.11 Å². The molecule has 2 aromatic carbocycles. The van der Waals surface area contributed by atoms with Crippen molar-refractivity contribution in [2.24, 2.45) is 0 Å². The molecule has 8 heteroatoms. The monoisotopic (exact) mass is 393 g/mol. The molecular weight excluding hydrogens is 385 g/mol. The number of nitrogens with one attached hydrogen (secondary N) is 1. The van der Waals surface area contributed by atoms with Gasteiger partial charge in [-0.2, -0.15) is 0 Å². The molecule has 0 amide bonds. The number of hydrogen-bond acceptors (Lipinski definition) is 3. The van der Waals surface area contributed by atoms with Crippen LogP contribution >= 0.6 is 27.5 Å². The third kappa shape index (κ3) is 3.74. The molecule has 0 aliphatic rings. The van der Waals surface area contributed by atoms with E-state index in [4.69, 9.17) is 16.7 Å². The highest BCUT2D eigenvalue weighted by Gasteiger charge is 2.22. The van der Waals surface area contributed by atoms with Crippen LogP contribution in [0, 0.1) is 5.82 Å². The number of aliphatic hydroxyl groups is 1. The molecule has 0 saturated carbocycles. The summed E-state index contributed by atoms with van der Waals surface area (Å²) in [6.07, 6.45) is 0. The summed E-state index contributed by atoms with van der Waals surface area (Å²) in [5.74, 6) is -0.991. The van der Waals surface area contributed by atoms with Crippen LogP contribution in [0.1, 0.15) is 5.56 Å². The van der Waals surface area contributed by atoms with Crippen molar-refractivity contribution in [2.75, 3.05) is 4.72 Å². The van der Waals surface area contributed by atoms with E-state index in [1.807, 2.05) is 0 Å². The third-order valence-electron chi connectivity index (χ3n) is 2.62. The second kappa shape index (κ2) is 6.31. The second-order valence-electron chi connectivity index (χ2n) is 4.15. The number of rotatable bonds is 4. The predicted molar refractivity (Wildman–Crippen MR) is 82.3 cm³/mol. The van der Waals surface area contributed by atoms with Gasteiger partial charge in [0.15, 0.2) is 0 Å². The maximum absolute atomic E-state index is 14.1. The molecule has 0 bridgehead atoms. The maximum Gasteiger partial charge on any atom is 0.264 e. The van der Waals surface area contributed by atoms with Crippen molar-refractivity contribution in [1.29, 1.82) is 0 Å². The fraction of sp³-hybridized carbons (Fsp3) is 0.0769. The van der Waals surface area contributed by atoms with E-state index in [1.165, 1.54) is 18.2 Å². The van der Waals surface area contributed by atoms with Crippen LogP contribution < -0.4 is 4.72 Å². The zero-order valence-electron chi connectivity index (χ0n) is 10.5. The van der Waals surface area contributed by atoms with Crippen LogP contribution in [0.4, 0.5) is 10.1 Å². The van der Waals surface area contributed by atoms with Crippen molar-refractivity contribution in [3.63, 3.8) is 0 Å². The molecule has 0 atom stereocenters. The van der Waals surface area contributed by atoms with Crippen LogP contribution in [-0.2, 0) is 16.6 Å². The normalized spacial score (nSPS) is 11.4. The first-order valence-electron chi connectivity index (χ1n) is 5.70. The van der Waals surface area contributed by atoms with Crippen LogP contribution in [0.15, 0.2) is 45.8 Å². The lowest BCUT2D eigenvalue weighted by molar-refractivity contribution is 0.274. The molecule has 0 unspecified atom stereocenters. The second-order valence-corrected chi connectivity index (χ2v) is 7.15. The molecule has 0 aliphatic carbocycles. The average Bonchev–Trinajstić information content (AvgIpc) is 2.40. The Morgan fingerprint density at radius 1 is 1.29 bits per heavy atom. The number of hydrogen-bond donors (Lipinski definition) is 2. The zero-order chi connectivity index (χ0) is 15.6. The largest absolute Gasteiger partial charge is 0.392 e. The Bertz CT molecular complexity index is 783. The highest BCUT2D eigenvalue weighted by Crippen LogP contribution is 2.26. The van der Waals surface area contributed by atoms with Crippen molar-refractivity contribution in [2.45, 2.75) is 11.5 Å². The van der Waals surface area contributed by atoms with Gasteiger partial charge in [0, 0.05) is 15.1 Å². The van der Waals surface area contributed by atoms with Gasteiger partial charge in [0.25, 0.3) is 10.0 Å². The first-order valence-corrected chi connectivity index (χ1v) is 8.36. The van der Waals surface area contributed by atoms with Gasteiger partial charge >= 0.3 is 0 Å². The average molecular weight is 395 g/mol. The quantitative estimate of drug-likeness (QED) is 0.833. The smallest absolute Gasteiger partial charge is 0.264 e. The Morgan fingerprint density at radius 2 is 2.00 bits per heavy atom. The Labute approximate surface area is 134 Å². The van der Waals surface area contributed by atoms with Crippen LogP contribution in [0.3, 0.4) is 0 Å². The molecule has 2 N–H and O–H groups in total. The minimum absolute atomic E-state index is 0.115. The summed E-state index contributed by atoms with van der Waals surface area (Å²) < 4.78 is 41.2. The third-order valence-corrected chi connectivity index (χ3v) is 4.69. The van der Waals surface area contributed by atoms with E-state index in [0.29, 0.717) is 9.50 Å². The van der Waals surface area contributed by atoms with Gasteiger partial charge in [-0.05, 0) is 30.3 Å². The van der Waals surface area contributed by atoms with Gasteiger partial charge in [0.2, 0.25) is 0 Å². The molecule has 2 aromatic rings.